The number of fused-ring (bicyclic) bond motifs is 1. The Hall–Kier alpha value is -3.54. The molecule has 3 atom stereocenters. The fourth-order valence-corrected chi connectivity index (χ4v) is 4.64. The van der Waals surface area contributed by atoms with Crippen molar-refractivity contribution in [2.24, 2.45) is 0 Å². The number of nitrogens with zero attached hydrogens (tertiary/aromatic N) is 6. The van der Waals surface area contributed by atoms with E-state index < -0.39 is 0 Å². The first kappa shape index (κ1) is 23.2. The second-order valence-corrected chi connectivity index (χ2v) is 9.05. The van der Waals surface area contributed by atoms with Gasteiger partial charge in [-0.05, 0) is 20.8 Å². The van der Waals surface area contributed by atoms with Gasteiger partial charge in [-0.25, -0.2) is 9.67 Å². The van der Waals surface area contributed by atoms with Gasteiger partial charge < -0.3 is 24.2 Å². The molecule has 5 rings (SSSR count). The molecule has 2 saturated heterocycles. The third-order valence-electron chi connectivity index (χ3n) is 6.24. The maximum Gasteiger partial charge on any atom is 0.307 e. The van der Waals surface area contributed by atoms with E-state index in [2.05, 4.69) is 25.5 Å². The average Bonchev–Trinajstić information content (AvgIpc) is 3.45. The van der Waals surface area contributed by atoms with E-state index in [-0.39, 0.29) is 48.9 Å². The van der Waals surface area contributed by atoms with Gasteiger partial charge in [-0.1, -0.05) is 5.16 Å². The smallest absolute Gasteiger partial charge is 0.307 e. The van der Waals surface area contributed by atoms with Gasteiger partial charge in [0, 0.05) is 38.3 Å². The monoisotopic (exact) mass is 483 g/mol. The molecular weight excluding hydrogens is 454 g/mol. The summed E-state index contributed by atoms with van der Waals surface area (Å²) in [6.45, 7) is 7.99. The summed E-state index contributed by atoms with van der Waals surface area (Å²) in [6, 6.07) is -0.111. The van der Waals surface area contributed by atoms with E-state index >= 15 is 0 Å². The third kappa shape index (κ3) is 4.83. The number of nitrogens with one attached hydrogen (secondary N) is 1. The van der Waals surface area contributed by atoms with Crippen LogP contribution in [0.3, 0.4) is 0 Å². The molecule has 1 N–H and O–H groups in total. The predicted molar refractivity (Wildman–Crippen MR) is 124 cm³/mol. The summed E-state index contributed by atoms with van der Waals surface area (Å²) >= 11 is 0. The average molecular weight is 484 g/mol. The fourth-order valence-electron chi connectivity index (χ4n) is 4.64. The molecule has 12 nitrogen and oxygen atoms in total. The Morgan fingerprint density at radius 2 is 2.03 bits per heavy atom. The van der Waals surface area contributed by atoms with Gasteiger partial charge in [0.15, 0.2) is 11.5 Å². The highest BCUT2D eigenvalue weighted by atomic mass is 16.5. The quantitative estimate of drug-likeness (QED) is 0.517. The number of carbonyl (C=O) groups excluding carboxylic acids is 2. The number of rotatable bonds is 6. The van der Waals surface area contributed by atoms with Crippen LogP contribution in [0.5, 0.6) is 0 Å². The zero-order valence-electron chi connectivity index (χ0n) is 20.1. The molecule has 2 aliphatic rings. The molecule has 12 heteroatoms. The Balaban J connectivity index is 1.42. The number of hydrogen-bond donors (Lipinski definition) is 1. The summed E-state index contributed by atoms with van der Waals surface area (Å²) in [5.74, 6) is 0.232. The van der Waals surface area contributed by atoms with E-state index in [4.69, 9.17) is 14.0 Å². The lowest BCUT2D eigenvalue weighted by atomic mass is 10.1. The molecule has 0 saturated carbocycles. The second-order valence-electron chi connectivity index (χ2n) is 9.05. The maximum absolute atomic E-state index is 12.8. The van der Waals surface area contributed by atoms with E-state index in [0.717, 1.165) is 5.39 Å². The minimum absolute atomic E-state index is 0.0175. The maximum atomic E-state index is 12.8. The van der Waals surface area contributed by atoms with Crippen molar-refractivity contribution in [2.45, 2.75) is 64.8 Å². The van der Waals surface area contributed by atoms with Gasteiger partial charge in [0.2, 0.25) is 5.91 Å². The minimum atomic E-state index is -0.241. The number of pyridine rings is 1. The number of amides is 1. The highest BCUT2D eigenvalue weighted by molar-refractivity contribution is 5.96. The van der Waals surface area contributed by atoms with Gasteiger partial charge in [0.05, 0.1) is 54.5 Å². The summed E-state index contributed by atoms with van der Waals surface area (Å²) in [6.07, 6.45) is 4.32. The molecule has 2 aliphatic heterocycles. The Labute approximate surface area is 202 Å². The molecular formula is C23H29N7O5. The van der Waals surface area contributed by atoms with Crippen LogP contribution in [0.1, 0.15) is 39.4 Å². The highest BCUT2D eigenvalue weighted by Gasteiger charge is 2.28. The van der Waals surface area contributed by atoms with Crippen LogP contribution in [-0.4, -0.2) is 79.6 Å². The number of morpholine rings is 1. The molecule has 0 aromatic carbocycles. The molecule has 3 aromatic rings. The van der Waals surface area contributed by atoms with Crippen molar-refractivity contribution in [3.8, 4) is 11.5 Å². The predicted octanol–water partition coefficient (Wildman–Crippen LogP) is 1.80. The van der Waals surface area contributed by atoms with Crippen molar-refractivity contribution < 1.29 is 23.6 Å². The van der Waals surface area contributed by atoms with Gasteiger partial charge >= 0.3 is 5.97 Å². The minimum Gasteiger partial charge on any atom is -0.466 e. The Kier molecular flexibility index (Phi) is 6.37. The molecule has 3 aromatic heterocycles. The van der Waals surface area contributed by atoms with Crippen molar-refractivity contribution in [1.82, 2.24) is 29.8 Å². The molecule has 35 heavy (non-hydrogen) atoms. The highest BCUT2D eigenvalue weighted by Crippen LogP contribution is 2.34. The summed E-state index contributed by atoms with van der Waals surface area (Å²) in [5.41, 5.74) is 2.02. The number of ether oxygens (including phenoxy) is 2. The van der Waals surface area contributed by atoms with Gasteiger partial charge in [-0.2, -0.15) is 10.1 Å². The topological polar surface area (TPSA) is 138 Å². The van der Waals surface area contributed by atoms with Gasteiger partial charge in [0.1, 0.15) is 0 Å². The number of aromatic nitrogens is 5. The van der Waals surface area contributed by atoms with Crippen molar-refractivity contribution in [1.29, 1.82) is 0 Å². The lowest BCUT2D eigenvalue weighted by molar-refractivity contribution is -0.147. The first-order valence-corrected chi connectivity index (χ1v) is 11.9. The Morgan fingerprint density at radius 3 is 2.77 bits per heavy atom. The van der Waals surface area contributed by atoms with Crippen molar-refractivity contribution in [3.63, 3.8) is 0 Å². The third-order valence-corrected chi connectivity index (χ3v) is 6.24. The van der Waals surface area contributed by atoms with Crippen molar-refractivity contribution in [2.75, 3.05) is 25.0 Å². The Morgan fingerprint density at radius 1 is 1.23 bits per heavy atom. The van der Waals surface area contributed by atoms with E-state index in [0.29, 0.717) is 55.4 Å². The van der Waals surface area contributed by atoms with Gasteiger partial charge in [-0.15, -0.1) is 0 Å². The lowest BCUT2D eigenvalue weighted by Gasteiger charge is -2.35. The van der Waals surface area contributed by atoms with E-state index in [1.165, 1.54) is 0 Å². The molecule has 2 fully saturated rings. The zero-order chi connectivity index (χ0) is 24.5. The molecule has 0 aliphatic carbocycles. The standard InChI is InChI=1S/C23H29N7O5/c1-4-30-22-16(10-25-30)21(26-15-5-6-33-20(32)7-15)17(9-24-22)23-27-18(28-35-23)8-19(31)29-11-13(2)34-14(3)12-29/h9-10,13-15H,4-8,11-12H2,1-3H3,(H,24,26). The first-order valence-electron chi connectivity index (χ1n) is 11.9. The molecule has 3 unspecified atom stereocenters. The summed E-state index contributed by atoms with van der Waals surface area (Å²) in [5, 5.41) is 12.7. The normalized spacial score (nSPS) is 22.9. The van der Waals surface area contributed by atoms with Crippen LogP contribution in [0.25, 0.3) is 22.5 Å². The number of hydrogen-bond acceptors (Lipinski definition) is 10. The fraction of sp³-hybridized carbons (Fsp3) is 0.565. The van der Waals surface area contributed by atoms with Crippen LogP contribution in [0.2, 0.25) is 0 Å². The number of esters is 1. The van der Waals surface area contributed by atoms with E-state index in [1.807, 2.05) is 20.8 Å². The molecule has 0 bridgehead atoms. The van der Waals surface area contributed by atoms with Crippen LogP contribution in [0, 0.1) is 0 Å². The largest absolute Gasteiger partial charge is 0.466 e. The summed E-state index contributed by atoms with van der Waals surface area (Å²) in [4.78, 5) is 35.5. The molecule has 186 valence electrons. The number of aryl methyl sites for hydroxylation is 1. The first-order chi connectivity index (χ1) is 16.9. The lowest BCUT2D eigenvalue weighted by Crippen LogP contribution is -2.48. The number of cyclic esters (lactones) is 1. The zero-order valence-corrected chi connectivity index (χ0v) is 20.1. The molecule has 1 amide bonds. The van der Waals surface area contributed by atoms with Crippen LogP contribution in [-0.2, 0) is 32.0 Å². The summed E-state index contributed by atoms with van der Waals surface area (Å²) < 4.78 is 18.1. The van der Waals surface area contributed by atoms with Gasteiger partial charge in [-0.3, -0.25) is 9.59 Å². The van der Waals surface area contributed by atoms with Gasteiger partial charge in [0.25, 0.3) is 5.89 Å². The van der Waals surface area contributed by atoms with E-state index in [9.17, 15) is 9.59 Å². The van der Waals surface area contributed by atoms with E-state index in [1.54, 1.807) is 22.0 Å². The van der Waals surface area contributed by atoms with Crippen LogP contribution < -0.4 is 5.32 Å². The van der Waals surface area contributed by atoms with Crippen LogP contribution in [0.4, 0.5) is 5.69 Å². The Bertz CT molecular complexity index is 1230. The SMILES string of the molecule is CCn1ncc2c(NC3CCOC(=O)C3)c(-c3nc(CC(=O)N4CC(C)OC(C)C4)no3)cnc21. The number of carbonyl (C=O) groups is 2. The second kappa shape index (κ2) is 9.61. The van der Waals surface area contributed by atoms with Crippen molar-refractivity contribution in [3.05, 3.63) is 18.2 Å². The van der Waals surface area contributed by atoms with Crippen LogP contribution >= 0.6 is 0 Å². The van der Waals surface area contributed by atoms with Crippen LogP contribution in [0.15, 0.2) is 16.9 Å². The molecule has 5 heterocycles. The molecule has 0 radical (unpaired) electrons. The molecule has 0 spiro atoms. The number of anilines is 1. The van der Waals surface area contributed by atoms with Crippen molar-refractivity contribution >= 4 is 28.6 Å². The summed E-state index contributed by atoms with van der Waals surface area (Å²) in [7, 11) is 0.